The number of allylic oxidation sites excluding steroid dienone is 2. The number of halogens is 1. The number of thioether (sulfide) groups is 1. The summed E-state index contributed by atoms with van der Waals surface area (Å²) in [5.41, 5.74) is 1.25. The predicted molar refractivity (Wildman–Crippen MR) is 108 cm³/mol. The molecular formula is C19H13BrN2O4S. The maximum absolute atomic E-state index is 12.5. The molecule has 0 bridgehead atoms. The minimum absolute atomic E-state index is 0.0227. The van der Waals surface area contributed by atoms with Crippen molar-refractivity contribution in [3.63, 3.8) is 0 Å². The lowest BCUT2D eigenvalue weighted by Crippen LogP contribution is -2.27. The zero-order valence-corrected chi connectivity index (χ0v) is 16.3. The number of hydrogen-bond donors (Lipinski definition) is 0. The van der Waals surface area contributed by atoms with Gasteiger partial charge in [-0.3, -0.25) is 24.6 Å². The third kappa shape index (κ3) is 4.53. The van der Waals surface area contributed by atoms with Gasteiger partial charge in [-0.2, -0.15) is 0 Å². The summed E-state index contributed by atoms with van der Waals surface area (Å²) in [6.45, 7) is 0.198. The molecule has 1 aliphatic heterocycles. The van der Waals surface area contributed by atoms with Crippen LogP contribution in [0.25, 0.3) is 6.08 Å². The van der Waals surface area contributed by atoms with E-state index in [2.05, 4.69) is 15.9 Å². The third-order valence-corrected chi connectivity index (χ3v) is 5.24. The SMILES string of the molecule is O=C1S/C(=C\C=C\c2ccccc2[N+](=O)[O-])C(=O)N1Cc1ccc(Br)cc1. The van der Waals surface area contributed by atoms with Gasteiger partial charge in [-0.25, -0.2) is 0 Å². The molecule has 3 rings (SSSR count). The van der Waals surface area contributed by atoms with E-state index in [9.17, 15) is 19.7 Å². The fourth-order valence-corrected chi connectivity index (χ4v) is 3.51. The Bertz CT molecular complexity index is 970. The number of imide groups is 1. The summed E-state index contributed by atoms with van der Waals surface area (Å²) in [7, 11) is 0. The van der Waals surface area contributed by atoms with Crippen LogP contribution in [0.2, 0.25) is 0 Å². The molecule has 1 heterocycles. The van der Waals surface area contributed by atoms with E-state index in [1.54, 1.807) is 30.4 Å². The monoisotopic (exact) mass is 444 g/mol. The second-order valence-corrected chi connectivity index (χ2v) is 7.50. The molecule has 27 heavy (non-hydrogen) atoms. The van der Waals surface area contributed by atoms with Crippen LogP contribution in [0.5, 0.6) is 0 Å². The molecule has 0 spiro atoms. The summed E-state index contributed by atoms with van der Waals surface area (Å²) in [6, 6.07) is 13.7. The van der Waals surface area contributed by atoms with Crippen LogP contribution in [0.15, 0.2) is 70.1 Å². The van der Waals surface area contributed by atoms with E-state index in [0.29, 0.717) is 5.56 Å². The molecule has 0 saturated carbocycles. The highest BCUT2D eigenvalue weighted by atomic mass is 79.9. The molecule has 1 aliphatic rings. The van der Waals surface area contributed by atoms with Gasteiger partial charge >= 0.3 is 0 Å². The Labute approximate surface area is 167 Å². The highest BCUT2D eigenvalue weighted by Crippen LogP contribution is 2.32. The minimum Gasteiger partial charge on any atom is -0.268 e. The van der Waals surface area contributed by atoms with Gasteiger partial charge in [-0.15, -0.1) is 0 Å². The van der Waals surface area contributed by atoms with Gasteiger partial charge in [-0.05, 0) is 47.7 Å². The lowest BCUT2D eigenvalue weighted by atomic mass is 10.1. The van der Waals surface area contributed by atoms with Gasteiger partial charge in [0.2, 0.25) is 0 Å². The van der Waals surface area contributed by atoms with E-state index in [1.807, 2.05) is 24.3 Å². The lowest BCUT2D eigenvalue weighted by molar-refractivity contribution is -0.385. The number of nitro benzene ring substituents is 1. The summed E-state index contributed by atoms with van der Waals surface area (Å²) in [5.74, 6) is -0.375. The van der Waals surface area contributed by atoms with Crippen molar-refractivity contribution in [1.29, 1.82) is 0 Å². The van der Waals surface area contributed by atoms with Gasteiger partial charge in [-0.1, -0.05) is 46.3 Å². The molecule has 6 nitrogen and oxygen atoms in total. The summed E-state index contributed by atoms with van der Waals surface area (Å²) < 4.78 is 0.917. The topological polar surface area (TPSA) is 80.5 Å². The number of carbonyl (C=O) groups is 2. The molecule has 0 unspecified atom stereocenters. The van der Waals surface area contributed by atoms with Crippen LogP contribution in [0.4, 0.5) is 10.5 Å². The molecular weight excluding hydrogens is 432 g/mol. The maximum Gasteiger partial charge on any atom is 0.293 e. The molecule has 1 saturated heterocycles. The minimum atomic E-state index is -0.467. The van der Waals surface area contributed by atoms with Crippen molar-refractivity contribution >= 4 is 50.6 Å². The van der Waals surface area contributed by atoms with E-state index >= 15 is 0 Å². The molecule has 1 fully saturated rings. The molecule has 0 aliphatic carbocycles. The van der Waals surface area contributed by atoms with Gasteiger partial charge in [0.25, 0.3) is 16.8 Å². The lowest BCUT2D eigenvalue weighted by Gasteiger charge is -2.12. The van der Waals surface area contributed by atoms with Crippen LogP contribution in [0, 0.1) is 10.1 Å². The number of amides is 2. The summed E-state index contributed by atoms with van der Waals surface area (Å²) in [5, 5.41) is 10.7. The zero-order valence-electron chi connectivity index (χ0n) is 13.9. The van der Waals surface area contributed by atoms with Crippen LogP contribution >= 0.6 is 27.7 Å². The van der Waals surface area contributed by atoms with E-state index in [0.717, 1.165) is 21.8 Å². The predicted octanol–water partition coefficient (Wildman–Crippen LogP) is 5.15. The number of carbonyl (C=O) groups excluding carboxylic acids is 2. The Kier molecular flexibility index (Phi) is 5.88. The van der Waals surface area contributed by atoms with Crippen LogP contribution in [0.3, 0.4) is 0 Å². The van der Waals surface area contributed by atoms with Crippen LogP contribution in [0.1, 0.15) is 11.1 Å². The fourth-order valence-electron chi connectivity index (χ4n) is 2.46. The van der Waals surface area contributed by atoms with Crippen molar-refractivity contribution in [3.05, 3.63) is 91.3 Å². The first-order chi connectivity index (χ1) is 13.0. The van der Waals surface area contributed by atoms with E-state index < -0.39 is 4.92 Å². The van der Waals surface area contributed by atoms with Gasteiger partial charge in [0.15, 0.2) is 0 Å². The molecule has 0 atom stereocenters. The largest absolute Gasteiger partial charge is 0.293 e. The summed E-state index contributed by atoms with van der Waals surface area (Å²) >= 11 is 4.20. The third-order valence-electron chi connectivity index (χ3n) is 3.78. The van der Waals surface area contributed by atoms with Crippen molar-refractivity contribution in [1.82, 2.24) is 4.90 Å². The summed E-state index contributed by atoms with van der Waals surface area (Å²) in [4.78, 5) is 36.6. The highest BCUT2D eigenvalue weighted by Gasteiger charge is 2.34. The number of nitrogens with zero attached hydrogens (tertiary/aromatic N) is 2. The van der Waals surface area contributed by atoms with Crippen LogP contribution in [-0.2, 0) is 11.3 Å². The first-order valence-electron chi connectivity index (χ1n) is 7.85. The fraction of sp³-hybridized carbons (Fsp3) is 0.0526. The van der Waals surface area contributed by atoms with E-state index in [-0.39, 0.29) is 28.3 Å². The summed E-state index contributed by atoms with van der Waals surface area (Å²) in [6.07, 6.45) is 4.59. The Morgan fingerprint density at radius 2 is 1.81 bits per heavy atom. The van der Waals surface area contributed by atoms with Crippen molar-refractivity contribution in [2.24, 2.45) is 0 Å². The Morgan fingerprint density at radius 3 is 2.52 bits per heavy atom. The number of hydrogen-bond acceptors (Lipinski definition) is 5. The van der Waals surface area contributed by atoms with E-state index in [1.165, 1.54) is 17.0 Å². The van der Waals surface area contributed by atoms with Crippen molar-refractivity contribution in [2.75, 3.05) is 0 Å². The Hall–Kier alpha value is -2.71. The maximum atomic E-state index is 12.5. The normalized spacial score (nSPS) is 15.9. The molecule has 0 radical (unpaired) electrons. The molecule has 0 aromatic heterocycles. The number of benzene rings is 2. The molecule has 8 heteroatoms. The van der Waals surface area contributed by atoms with Gasteiger partial charge < -0.3 is 0 Å². The first-order valence-corrected chi connectivity index (χ1v) is 9.46. The average molecular weight is 445 g/mol. The molecule has 0 N–H and O–H groups in total. The Balaban J connectivity index is 1.74. The number of para-hydroxylation sites is 1. The second kappa shape index (κ2) is 8.32. The van der Waals surface area contributed by atoms with Gasteiger partial charge in [0.1, 0.15) is 0 Å². The van der Waals surface area contributed by atoms with Crippen LogP contribution < -0.4 is 0 Å². The van der Waals surface area contributed by atoms with Gasteiger partial charge in [0, 0.05) is 10.5 Å². The molecule has 2 amide bonds. The highest BCUT2D eigenvalue weighted by molar-refractivity contribution is 9.10. The second-order valence-electron chi connectivity index (χ2n) is 5.59. The average Bonchev–Trinajstić information content (AvgIpc) is 2.91. The van der Waals surface area contributed by atoms with Crippen LogP contribution in [-0.4, -0.2) is 21.0 Å². The van der Waals surface area contributed by atoms with Crippen molar-refractivity contribution < 1.29 is 14.5 Å². The van der Waals surface area contributed by atoms with E-state index in [4.69, 9.17) is 0 Å². The number of nitro groups is 1. The molecule has 2 aromatic rings. The standard InChI is InChI=1S/C19H13BrN2O4S/c20-15-10-8-13(9-11-15)12-21-18(23)17(27-19(21)24)7-3-5-14-4-1-2-6-16(14)22(25)26/h1-11H,12H2/b5-3+,17-7-. The number of rotatable bonds is 5. The smallest absolute Gasteiger partial charge is 0.268 e. The first kappa shape index (κ1) is 19.1. The van der Waals surface area contributed by atoms with Crippen molar-refractivity contribution in [3.8, 4) is 0 Å². The quantitative estimate of drug-likeness (QED) is 0.361. The molecule has 2 aromatic carbocycles. The Morgan fingerprint density at radius 1 is 1.11 bits per heavy atom. The zero-order chi connectivity index (χ0) is 19.4. The molecule has 136 valence electrons. The van der Waals surface area contributed by atoms with Crippen molar-refractivity contribution in [2.45, 2.75) is 6.54 Å². The van der Waals surface area contributed by atoms with Gasteiger partial charge in [0.05, 0.1) is 21.9 Å².